The third kappa shape index (κ3) is 5.59. The van der Waals surface area contributed by atoms with Crippen molar-refractivity contribution in [2.75, 3.05) is 16.8 Å². The molecule has 0 saturated carbocycles. The van der Waals surface area contributed by atoms with Crippen LogP contribution in [0.5, 0.6) is 0 Å². The lowest BCUT2D eigenvalue weighted by Crippen LogP contribution is -2.24. The number of halogens is 2. The van der Waals surface area contributed by atoms with Gasteiger partial charge in [0.1, 0.15) is 10.8 Å². The van der Waals surface area contributed by atoms with Crippen LogP contribution in [0.4, 0.5) is 15.2 Å². The third-order valence-corrected chi connectivity index (χ3v) is 8.11. The topological polar surface area (TPSA) is 75.2 Å². The van der Waals surface area contributed by atoms with Crippen LogP contribution in [0.15, 0.2) is 77.7 Å². The molecule has 2 heterocycles. The first-order valence-corrected chi connectivity index (χ1v) is 13.3. The Balaban J connectivity index is 1.24. The van der Waals surface area contributed by atoms with Gasteiger partial charge in [-0.3, -0.25) is 14.9 Å². The van der Waals surface area contributed by atoms with Crippen LogP contribution in [-0.2, 0) is 10.5 Å². The van der Waals surface area contributed by atoms with E-state index in [-0.39, 0.29) is 30.0 Å². The molecule has 5 rings (SSSR count). The number of aromatic nitrogens is 2. The fraction of sp³-hybridized carbons (Fsp3) is 0.154. The van der Waals surface area contributed by atoms with Crippen LogP contribution >= 0.6 is 34.7 Å². The number of carbonyl (C=O) groups excluding carboxylic acids is 2. The van der Waals surface area contributed by atoms with E-state index in [1.165, 1.54) is 23.5 Å². The number of rotatable bonds is 7. The first-order chi connectivity index (χ1) is 17.5. The Morgan fingerprint density at radius 3 is 2.61 bits per heavy atom. The smallest absolute Gasteiger partial charge is 0.258 e. The first kappa shape index (κ1) is 24.4. The van der Waals surface area contributed by atoms with Crippen molar-refractivity contribution < 1.29 is 14.0 Å². The molecule has 2 amide bonds. The van der Waals surface area contributed by atoms with Crippen LogP contribution in [0.2, 0.25) is 5.02 Å². The van der Waals surface area contributed by atoms with E-state index in [4.69, 9.17) is 11.6 Å². The SMILES string of the molecule is O=C(Nc1nnc(C2CC(=O)N(c3ccc(F)cc3)C2)s1)c1ccccc1SCc1ccc(Cl)cc1. The van der Waals surface area contributed by atoms with Gasteiger partial charge in [-0.25, -0.2) is 4.39 Å². The highest BCUT2D eigenvalue weighted by Gasteiger charge is 2.34. The molecule has 1 N–H and O–H groups in total. The molecule has 6 nitrogen and oxygen atoms in total. The molecule has 36 heavy (non-hydrogen) atoms. The summed E-state index contributed by atoms with van der Waals surface area (Å²) in [6.07, 6.45) is 0.282. The van der Waals surface area contributed by atoms with Crippen molar-refractivity contribution in [2.24, 2.45) is 0 Å². The average molecular weight is 539 g/mol. The zero-order chi connectivity index (χ0) is 25.1. The van der Waals surface area contributed by atoms with E-state index in [1.807, 2.05) is 42.5 Å². The molecule has 0 aliphatic carbocycles. The normalized spacial score (nSPS) is 15.3. The second-order valence-electron chi connectivity index (χ2n) is 8.19. The van der Waals surface area contributed by atoms with E-state index in [1.54, 1.807) is 34.9 Å². The average Bonchev–Trinajstić information content (AvgIpc) is 3.51. The molecule has 3 aromatic carbocycles. The summed E-state index contributed by atoms with van der Waals surface area (Å²) in [5.41, 5.74) is 2.30. The molecular weight excluding hydrogens is 519 g/mol. The van der Waals surface area contributed by atoms with E-state index < -0.39 is 0 Å². The fourth-order valence-electron chi connectivity index (χ4n) is 3.88. The highest BCUT2D eigenvalue weighted by atomic mass is 35.5. The van der Waals surface area contributed by atoms with Crippen molar-refractivity contribution in [1.82, 2.24) is 10.2 Å². The zero-order valence-electron chi connectivity index (χ0n) is 18.9. The standard InChI is InChI=1S/C26H20ClFN4O2S2/c27-18-7-5-16(6-8-18)15-35-22-4-2-1-3-21(22)24(34)29-26-31-30-25(36-26)17-13-23(33)32(14-17)20-11-9-19(28)10-12-20/h1-12,17H,13-15H2,(H,29,31,34). The number of hydrogen-bond acceptors (Lipinski definition) is 6. The summed E-state index contributed by atoms with van der Waals surface area (Å²) in [5.74, 6) is -0.124. The van der Waals surface area contributed by atoms with Crippen LogP contribution < -0.4 is 10.2 Å². The maximum atomic E-state index is 13.2. The van der Waals surface area contributed by atoms with Crippen LogP contribution in [0.3, 0.4) is 0 Å². The van der Waals surface area contributed by atoms with Gasteiger partial charge in [-0.05, 0) is 54.1 Å². The van der Waals surface area contributed by atoms with Gasteiger partial charge in [-0.15, -0.1) is 22.0 Å². The lowest BCUT2D eigenvalue weighted by molar-refractivity contribution is -0.117. The van der Waals surface area contributed by atoms with E-state index in [2.05, 4.69) is 15.5 Å². The molecule has 10 heteroatoms. The Morgan fingerprint density at radius 1 is 1.08 bits per heavy atom. The summed E-state index contributed by atoms with van der Waals surface area (Å²) in [5, 5.41) is 12.9. The number of benzene rings is 3. The minimum Gasteiger partial charge on any atom is -0.312 e. The predicted molar refractivity (Wildman–Crippen MR) is 141 cm³/mol. The number of anilines is 2. The van der Waals surface area contributed by atoms with Gasteiger partial charge in [0, 0.05) is 40.2 Å². The Kier molecular flexibility index (Phi) is 7.31. The monoisotopic (exact) mass is 538 g/mol. The lowest BCUT2D eigenvalue weighted by Gasteiger charge is -2.16. The minimum absolute atomic E-state index is 0.0565. The number of hydrogen-bond donors (Lipinski definition) is 1. The third-order valence-electron chi connectivity index (χ3n) is 5.71. The Bertz CT molecular complexity index is 1400. The van der Waals surface area contributed by atoms with Crippen LogP contribution in [0.25, 0.3) is 0 Å². The van der Waals surface area contributed by atoms with E-state index in [9.17, 15) is 14.0 Å². The van der Waals surface area contributed by atoms with Crippen molar-refractivity contribution in [3.8, 4) is 0 Å². The summed E-state index contributed by atoms with van der Waals surface area (Å²) < 4.78 is 13.2. The second kappa shape index (κ2) is 10.8. The van der Waals surface area contributed by atoms with Crippen molar-refractivity contribution in [3.63, 3.8) is 0 Å². The Labute approximate surface area is 220 Å². The van der Waals surface area contributed by atoms with Crippen molar-refractivity contribution in [3.05, 3.63) is 99.8 Å². The number of amides is 2. The quantitative estimate of drug-likeness (QED) is 0.276. The van der Waals surface area contributed by atoms with Crippen LogP contribution in [0.1, 0.15) is 33.3 Å². The molecule has 0 radical (unpaired) electrons. The van der Waals surface area contributed by atoms with Crippen molar-refractivity contribution >= 4 is 57.3 Å². The Morgan fingerprint density at radius 2 is 1.83 bits per heavy atom. The van der Waals surface area contributed by atoms with E-state index in [0.29, 0.717) is 38.7 Å². The molecule has 1 unspecified atom stereocenters. The molecule has 1 aliphatic heterocycles. The predicted octanol–water partition coefficient (Wildman–Crippen LogP) is 6.40. The molecule has 1 saturated heterocycles. The summed E-state index contributed by atoms with van der Waals surface area (Å²) in [6.45, 7) is 0.428. The summed E-state index contributed by atoms with van der Waals surface area (Å²) in [7, 11) is 0. The summed E-state index contributed by atoms with van der Waals surface area (Å²) in [4.78, 5) is 28.1. The minimum atomic E-state index is -0.351. The highest BCUT2D eigenvalue weighted by molar-refractivity contribution is 7.98. The molecule has 1 atom stereocenters. The number of nitrogens with zero attached hydrogens (tertiary/aromatic N) is 3. The van der Waals surface area contributed by atoms with Gasteiger partial charge < -0.3 is 4.90 Å². The fourth-order valence-corrected chi connectivity index (χ4v) is 5.84. The molecule has 1 aliphatic rings. The Hall–Kier alpha value is -3.27. The maximum absolute atomic E-state index is 13.2. The molecule has 1 aromatic heterocycles. The molecular formula is C26H20ClFN4O2S2. The summed E-state index contributed by atoms with van der Waals surface area (Å²) in [6, 6.07) is 20.9. The number of thioether (sulfide) groups is 1. The first-order valence-electron chi connectivity index (χ1n) is 11.1. The van der Waals surface area contributed by atoms with E-state index >= 15 is 0 Å². The molecule has 0 spiro atoms. The van der Waals surface area contributed by atoms with Gasteiger partial charge >= 0.3 is 0 Å². The second-order valence-corrected chi connectivity index (χ2v) is 10.7. The van der Waals surface area contributed by atoms with Gasteiger partial charge in [0.15, 0.2) is 0 Å². The van der Waals surface area contributed by atoms with Gasteiger partial charge in [0.2, 0.25) is 11.0 Å². The van der Waals surface area contributed by atoms with E-state index in [0.717, 1.165) is 10.5 Å². The molecule has 1 fully saturated rings. The van der Waals surface area contributed by atoms with Gasteiger partial charge in [0.25, 0.3) is 5.91 Å². The number of nitrogens with one attached hydrogen (secondary N) is 1. The lowest BCUT2D eigenvalue weighted by atomic mass is 10.1. The highest BCUT2D eigenvalue weighted by Crippen LogP contribution is 2.35. The zero-order valence-corrected chi connectivity index (χ0v) is 21.2. The molecule has 182 valence electrons. The van der Waals surface area contributed by atoms with Gasteiger partial charge in [-0.1, -0.05) is 47.2 Å². The molecule has 4 aromatic rings. The largest absolute Gasteiger partial charge is 0.312 e. The van der Waals surface area contributed by atoms with Crippen LogP contribution in [0, 0.1) is 5.82 Å². The molecule has 0 bridgehead atoms. The van der Waals surface area contributed by atoms with Gasteiger partial charge in [-0.2, -0.15) is 0 Å². The maximum Gasteiger partial charge on any atom is 0.258 e. The van der Waals surface area contributed by atoms with Gasteiger partial charge in [0.05, 0.1) is 5.56 Å². The summed E-state index contributed by atoms with van der Waals surface area (Å²) >= 11 is 8.79. The van der Waals surface area contributed by atoms with Crippen LogP contribution in [-0.4, -0.2) is 28.6 Å². The van der Waals surface area contributed by atoms with Crippen molar-refractivity contribution in [1.29, 1.82) is 0 Å². The van der Waals surface area contributed by atoms with Crippen molar-refractivity contribution in [2.45, 2.75) is 23.0 Å². The number of carbonyl (C=O) groups is 2.